The first kappa shape index (κ1) is 22.3. The highest BCUT2D eigenvalue weighted by Gasteiger charge is 2.66. The van der Waals surface area contributed by atoms with Crippen molar-refractivity contribution in [3.05, 3.63) is 71.7 Å². The summed E-state index contributed by atoms with van der Waals surface area (Å²) >= 11 is 6.67. The van der Waals surface area contributed by atoms with E-state index in [2.05, 4.69) is 25.1 Å². The SMILES string of the molecule is NC[C@]1(c2ccccc2F)[C@@H]2CCN(c3cnc4c(-c5ccnc(-c6cnco6)c5Cl)n[nH]c4n3)C[C@@H]21. The molecule has 5 aromatic rings. The Hall–Kier alpha value is -3.89. The topological polar surface area (TPSA) is 123 Å². The van der Waals surface area contributed by atoms with Gasteiger partial charge in [0.2, 0.25) is 0 Å². The zero-order valence-corrected chi connectivity index (χ0v) is 20.4. The van der Waals surface area contributed by atoms with Gasteiger partial charge in [0.1, 0.15) is 28.5 Å². The number of aromatic nitrogens is 6. The zero-order chi connectivity index (χ0) is 25.1. The molecular formula is C26H22ClFN8O. The molecule has 37 heavy (non-hydrogen) atoms. The highest BCUT2D eigenvalue weighted by molar-refractivity contribution is 6.35. The molecule has 5 heterocycles. The van der Waals surface area contributed by atoms with Gasteiger partial charge in [0.05, 0.1) is 17.4 Å². The standard InChI is InChI=1S/C26H22ClFN8O/c27-21-14(5-7-31-23(21)19-9-30-13-37-19)22-24-25(35-34-22)33-20(10-32-24)36-8-6-15-17(11-36)26(15,12-29)16-3-1-2-4-18(16)28/h1-5,7,9-10,13,15,17H,6,8,11-12,29H2,(H,33,34,35)/t15-,17+,26-/m1/s1. The van der Waals surface area contributed by atoms with Gasteiger partial charge in [-0.1, -0.05) is 29.8 Å². The third-order valence-corrected chi connectivity index (χ3v) is 8.31. The highest BCUT2D eigenvalue weighted by Crippen LogP contribution is 2.63. The number of nitrogens with two attached hydrogens (primary N) is 1. The van der Waals surface area contributed by atoms with Gasteiger partial charge in [0.25, 0.3) is 0 Å². The van der Waals surface area contributed by atoms with Crippen LogP contribution >= 0.6 is 11.6 Å². The molecule has 0 spiro atoms. The maximum absolute atomic E-state index is 14.7. The van der Waals surface area contributed by atoms with Crippen LogP contribution in [0.1, 0.15) is 12.0 Å². The Bertz CT molecular complexity index is 1620. The third-order valence-electron chi connectivity index (χ3n) is 7.93. The van der Waals surface area contributed by atoms with Crippen LogP contribution in [0.4, 0.5) is 10.2 Å². The summed E-state index contributed by atoms with van der Waals surface area (Å²) in [5, 5.41) is 7.84. The highest BCUT2D eigenvalue weighted by atomic mass is 35.5. The summed E-state index contributed by atoms with van der Waals surface area (Å²) in [4.78, 5) is 20.0. The molecule has 3 N–H and O–H groups in total. The molecule has 1 aromatic carbocycles. The maximum atomic E-state index is 14.7. The summed E-state index contributed by atoms with van der Waals surface area (Å²) in [6.07, 6.45) is 7.20. The number of hydrogen-bond donors (Lipinski definition) is 2. The van der Waals surface area contributed by atoms with E-state index in [1.54, 1.807) is 30.7 Å². The lowest BCUT2D eigenvalue weighted by molar-refractivity contribution is 0.533. The molecule has 3 atom stereocenters. The summed E-state index contributed by atoms with van der Waals surface area (Å²) in [7, 11) is 0. The van der Waals surface area contributed by atoms with E-state index in [9.17, 15) is 4.39 Å². The Kier molecular flexibility index (Phi) is 5.02. The van der Waals surface area contributed by atoms with Crippen LogP contribution < -0.4 is 10.6 Å². The van der Waals surface area contributed by atoms with Crippen molar-refractivity contribution in [3.8, 4) is 22.7 Å². The van der Waals surface area contributed by atoms with E-state index < -0.39 is 0 Å². The third kappa shape index (κ3) is 3.29. The lowest BCUT2D eigenvalue weighted by Crippen LogP contribution is -2.32. The molecule has 1 aliphatic heterocycles. The molecule has 7 rings (SSSR count). The number of nitrogens with one attached hydrogen (secondary N) is 1. The number of pyridine rings is 1. The van der Waals surface area contributed by atoms with Gasteiger partial charge in [0.15, 0.2) is 17.8 Å². The second-order valence-electron chi connectivity index (χ2n) is 9.56. The molecule has 4 aromatic heterocycles. The van der Waals surface area contributed by atoms with Crippen molar-refractivity contribution in [2.24, 2.45) is 17.6 Å². The number of H-pyrrole nitrogens is 1. The van der Waals surface area contributed by atoms with E-state index in [1.807, 2.05) is 12.1 Å². The average Bonchev–Trinajstić information content (AvgIpc) is 3.26. The van der Waals surface area contributed by atoms with Crippen LogP contribution in [0, 0.1) is 17.7 Å². The predicted octanol–water partition coefficient (Wildman–Crippen LogP) is 4.22. The molecule has 186 valence electrons. The number of aromatic amines is 1. The summed E-state index contributed by atoms with van der Waals surface area (Å²) < 4.78 is 20.1. The summed E-state index contributed by atoms with van der Waals surface area (Å²) in [5.41, 5.74) is 9.52. The number of benzene rings is 1. The molecular weight excluding hydrogens is 495 g/mol. The number of oxazole rings is 1. The van der Waals surface area contributed by atoms with Crippen LogP contribution in [0.25, 0.3) is 33.9 Å². The van der Waals surface area contributed by atoms with E-state index in [0.29, 0.717) is 51.4 Å². The van der Waals surface area contributed by atoms with Gasteiger partial charge in [-0.05, 0) is 36.0 Å². The average molecular weight is 517 g/mol. The molecule has 1 saturated heterocycles. The second kappa shape index (κ2) is 8.32. The summed E-state index contributed by atoms with van der Waals surface area (Å²) in [5.74, 6) is 1.67. The first-order valence-corrected chi connectivity index (χ1v) is 12.4. The Morgan fingerprint density at radius 1 is 1.16 bits per heavy atom. The van der Waals surface area contributed by atoms with E-state index in [4.69, 9.17) is 31.7 Å². The van der Waals surface area contributed by atoms with Gasteiger partial charge in [-0.25, -0.2) is 19.3 Å². The van der Waals surface area contributed by atoms with Crippen molar-refractivity contribution in [1.82, 2.24) is 30.1 Å². The predicted molar refractivity (Wildman–Crippen MR) is 136 cm³/mol. The van der Waals surface area contributed by atoms with Gasteiger partial charge >= 0.3 is 0 Å². The number of halogens is 2. The Balaban J connectivity index is 1.19. The minimum atomic E-state index is -0.321. The van der Waals surface area contributed by atoms with Gasteiger partial charge in [-0.2, -0.15) is 5.10 Å². The normalized spacial score (nSPS) is 22.8. The maximum Gasteiger partial charge on any atom is 0.181 e. The lowest BCUT2D eigenvalue weighted by atomic mass is 9.91. The molecule has 9 nitrogen and oxygen atoms in total. The number of anilines is 1. The monoisotopic (exact) mass is 516 g/mol. The minimum Gasteiger partial charge on any atom is -0.442 e. The molecule has 0 unspecified atom stereocenters. The summed E-state index contributed by atoms with van der Waals surface area (Å²) in [6.45, 7) is 1.97. The van der Waals surface area contributed by atoms with Crippen molar-refractivity contribution >= 4 is 28.6 Å². The molecule has 1 saturated carbocycles. The van der Waals surface area contributed by atoms with Crippen molar-refractivity contribution in [2.75, 3.05) is 24.5 Å². The first-order valence-electron chi connectivity index (χ1n) is 12.1. The molecule has 0 bridgehead atoms. The van der Waals surface area contributed by atoms with E-state index >= 15 is 0 Å². The van der Waals surface area contributed by atoms with Crippen LogP contribution in [0.2, 0.25) is 5.02 Å². The Morgan fingerprint density at radius 2 is 2.05 bits per heavy atom. The fraction of sp³-hybridized carbons (Fsp3) is 0.269. The van der Waals surface area contributed by atoms with Crippen molar-refractivity contribution < 1.29 is 8.81 Å². The van der Waals surface area contributed by atoms with Crippen molar-refractivity contribution in [3.63, 3.8) is 0 Å². The molecule has 11 heteroatoms. The molecule has 1 aliphatic carbocycles. The number of rotatable bonds is 5. The van der Waals surface area contributed by atoms with Gasteiger partial charge in [0, 0.05) is 36.8 Å². The fourth-order valence-electron chi connectivity index (χ4n) is 6.10. The molecule has 0 radical (unpaired) electrons. The smallest absolute Gasteiger partial charge is 0.181 e. The number of hydrogen-bond acceptors (Lipinski definition) is 8. The van der Waals surface area contributed by atoms with Gasteiger partial charge in [-0.15, -0.1) is 0 Å². The fourth-order valence-corrected chi connectivity index (χ4v) is 6.39. The molecule has 0 amide bonds. The molecule has 2 aliphatic rings. The minimum absolute atomic E-state index is 0.179. The molecule has 2 fully saturated rings. The van der Waals surface area contributed by atoms with Crippen LogP contribution in [0.5, 0.6) is 0 Å². The van der Waals surface area contributed by atoms with Crippen LogP contribution in [0.3, 0.4) is 0 Å². The van der Waals surface area contributed by atoms with Crippen LogP contribution in [-0.2, 0) is 5.41 Å². The van der Waals surface area contributed by atoms with E-state index in [-0.39, 0.29) is 17.2 Å². The quantitative estimate of drug-likeness (QED) is 0.356. The van der Waals surface area contributed by atoms with Crippen molar-refractivity contribution in [1.29, 1.82) is 0 Å². The van der Waals surface area contributed by atoms with E-state index in [1.165, 1.54) is 12.5 Å². The number of fused-ring (bicyclic) bond motifs is 2. The second-order valence-corrected chi connectivity index (χ2v) is 9.93. The Morgan fingerprint density at radius 3 is 2.86 bits per heavy atom. The Labute approximate surface area is 215 Å². The van der Waals surface area contributed by atoms with Gasteiger partial charge < -0.3 is 15.1 Å². The van der Waals surface area contributed by atoms with Crippen molar-refractivity contribution in [2.45, 2.75) is 11.8 Å². The zero-order valence-electron chi connectivity index (χ0n) is 19.6. The van der Waals surface area contributed by atoms with Gasteiger partial charge in [-0.3, -0.25) is 10.1 Å². The number of nitrogens with zero attached hydrogens (tertiary/aromatic N) is 6. The summed E-state index contributed by atoms with van der Waals surface area (Å²) in [6, 6.07) is 8.78. The van der Waals surface area contributed by atoms with Crippen LogP contribution in [-0.4, -0.2) is 49.8 Å². The lowest BCUT2D eigenvalue weighted by Gasteiger charge is -2.26. The first-order chi connectivity index (χ1) is 18.1. The van der Waals surface area contributed by atoms with Crippen LogP contribution in [0.15, 0.2) is 59.7 Å². The van der Waals surface area contributed by atoms with E-state index in [0.717, 1.165) is 30.9 Å². The number of piperidine rings is 1. The largest absolute Gasteiger partial charge is 0.442 e.